The number of carbonyl (C=O) groups is 1. The molecular weight excluding hydrogens is 374 g/mol. The second-order valence-electron chi connectivity index (χ2n) is 5.96. The number of ether oxygens (including phenoxy) is 2. The number of aromatic nitrogens is 3. The lowest BCUT2D eigenvalue weighted by Gasteiger charge is -2.07. The van der Waals surface area contributed by atoms with Crippen molar-refractivity contribution in [2.75, 3.05) is 0 Å². The Balaban J connectivity index is 1.35. The summed E-state index contributed by atoms with van der Waals surface area (Å²) in [5.74, 6) is 0.171. The van der Waals surface area contributed by atoms with E-state index >= 15 is 0 Å². The summed E-state index contributed by atoms with van der Waals surface area (Å²) in [7, 11) is 0. The smallest absolute Gasteiger partial charge is 0.338 e. The molecule has 0 amide bonds. The molecule has 6 nitrogen and oxygen atoms in total. The molecule has 4 aromatic rings. The van der Waals surface area contributed by atoms with Gasteiger partial charge >= 0.3 is 5.97 Å². The van der Waals surface area contributed by atoms with E-state index in [4.69, 9.17) is 9.47 Å². The van der Waals surface area contributed by atoms with Crippen LogP contribution in [0.1, 0.15) is 21.7 Å². The van der Waals surface area contributed by atoms with Crippen molar-refractivity contribution in [3.05, 3.63) is 94.7 Å². The molecule has 2 aromatic carbocycles. The molecule has 0 radical (unpaired) electrons. The normalized spacial score (nSPS) is 10.6. The zero-order valence-electron chi connectivity index (χ0n) is 14.9. The lowest BCUT2D eigenvalue weighted by atomic mass is 10.2. The maximum Gasteiger partial charge on any atom is 0.338 e. The lowest BCUT2D eigenvalue weighted by molar-refractivity contribution is 0.0467. The van der Waals surface area contributed by atoms with Gasteiger partial charge in [0.25, 0.3) is 0 Å². The van der Waals surface area contributed by atoms with E-state index in [2.05, 4.69) is 10.1 Å². The van der Waals surface area contributed by atoms with Crippen LogP contribution in [0.15, 0.2) is 77.8 Å². The van der Waals surface area contributed by atoms with Gasteiger partial charge in [0.2, 0.25) is 0 Å². The predicted molar refractivity (Wildman–Crippen MR) is 106 cm³/mol. The molecule has 7 heteroatoms. The summed E-state index contributed by atoms with van der Waals surface area (Å²) in [6.07, 6.45) is 1.84. The minimum Gasteiger partial charge on any atom is -0.487 e. The van der Waals surface area contributed by atoms with Crippen molar-refractivity contribution in [1.82, 2.24) is 14.8 Å². The Morgan fingerprint density at radius 2 is 1.89 bits per heavy atom. The largest absolute Gasteiger partial charge is 0.487 e. The van der Waals surface area contributed by atoms with Crippen molar-refractivity contribution in [1.29, 1.82) is 0 Å². The molecule has 0 aliphatic rings. The van der Waals surface area contributed by atoms with Crippen LogP contribution in [0.5, 0.6) is 5.75 Å². The predicted octanol–water partition coefficient (Wildman–Crippen LogP) is 4.26. The van der Waals surface area contributed by atoms with E-state index in [1.807, 2.05) is 48.0 Å². The number of thiazole rings is 1. The quantitative estimate of drug-likeness (QED) is 0.440. The van der Waals surface area contributed by atoms with Crippen LogP contribution in [0.2, 0.25) is 0 Å². The van der Waals surface area contributed by atoms with Gasteiger partial charge in [0, 0.05) is 11.6 Å². The molecule has 0 fully saturated rings. The highest BCUT2D eigenvalue weighted by molar-refractivity contribution is 7.07. The number of para-hydroxylation sites is 1. The fourth-order valence-electron chi connectivity index (χ4n) is 2.56. The summed E-state index contributed by atoms with van der Waals surface area (Å²) in [5, 5.41) is 6.35. The molecule has 0 spiro atoms. The van der Waals surface area contributed by atoms with Gasteiger partial charge in [-0.15, -0.1) is 11.3 Å². The first-order valence-electron chi connectivity index (χ1n) is 8.65. The van der Waals surface area contributed by atoms with Crippen molar-refractivity contribution in [3.8, 4) is 11.4 Å². The number of rotatable bonds is 7. The summed E-state index contributed by atoms with van der Waals surface area (Å²) >= 11 is 1.51. The maximum absolute atomic E-state index is 12.4. The molecule has 0 aliphatic heterocycles. The van der Waals surface area contributed by atoms with E-state index in [9.17, 15) is 4.79 Å². The number of esters is 1. The molecule has 4 rings (SSSR count). The van der Waals surface area contributed by atoms with Crippen LogP contribution >= 0.6 is 11.3 Å². The molecule has 0 bridgehead atoms. The third kappa shape index (κ3) is 4.44. The first-order valence-corrected chi connectivity index (χ1v) is 9.59. The van der Waals surface area contributed by atoms with Crippen LogP contribution in [0.25, 0.3) is 5.69 Å². The topological polar surface area (TPSA) is 66.2 Å². The van der Waals surface area contributed by atoms with Crippen LogP contribution in [0, 0.1) is 0 Å². The minimum atomic E-state index is -0.423. The molecule has 2 heterocycles. The minimum absolute atomic E-state index is 0.0998. The lowest BCUT2D eigenvalue weighted by Crippen LogP contribution is -2.06. The van der Waals surface area contributed by atoms with Gasteiger partial charge < -0.3 is 9.47 Å². The van der Waals surface area contributed by atoms with Crippen LogP contribution in [0.3, 0.4) is 0 Å². The van der Waals surface area contributed by atoms with E-state index in [0.29, 0.717) is 23.6 Å². The van der Waals surface area contributed by atoms with Gasteiger partial charge in [0.15, 0.2) is 0 Å². The second-order valence-corrected chi connectivity index (χ2v) is 6.68. The first-order chi connectivity index (χ1) is 13.8. The number of hydrogen-bond donors (Lipinski definition) is 0. The Morgan fingerprint density at radius 1 is 1.00 bits per heavy atom. The second kappa shape index (κ2) is 8.49. The van der Waals surface area contributed by atoms with Crippen LogP contribution in [-0.4, -0.2) is 20.7 Å². The zero-order valence-corrected chi connectivity index (χ0v) is 15.7. The first kappa shape index (κ1) is 17.9. The summed E-state index contributed by atoms with van der Waals surface area (Å²) < 4.78 is 12.8. The van der Waals surface area contributed by atoms with E-state index in [1.165, 1.54) is 11.3 Å². The maximum atomic E-state index is 12.4. The molecule has 28 heavy (non-hydrogen) atoms. The standard InChI is InChI=1S/C21H17N3O3S/c25-21(16-5-4-8-20(11-16)26-13-18-14-28-15-22-18)27-12-17-9-10-24(23-17)19-6-2-1-3-7-19/h1-11,14-15H,12-13H2. The summed E-state index contributed by atoms with van der Waals surface area (Å²) in [6.45, 7) is 0.460. The fraction of sp³-hybridized carbons (Fsp3) is 0.0952. The molecule has 0 atom stereocenters. The Kier molecular flexibility index (Phi) is 5.44. The molecule has 140 valence electrons. The summed E-state index contributed by atoms with van der Waals surface area (Å²) in [6, 6.07) is 18.5. The molecule has 0 aliphatic carbocycles. The average molecular weight is 391 g/mol. The van der Waals surface area contributed by atoms with Crippen molar-refractivity contribution >= 4 is 17.3 Å². The molecule has 2 aromatic heterocycles. The van der Waals surface area contributed by atoms with Crippen molar-refractivity contribution < 1.29 is 14.3 Å². The SMILES string of the molecule is O=C(OCc1ccn(-c2ccccc2)n1)c1cccc(OCc2cscn2)c1. The Morgan fingerprint density at radius 3 is 2.71 bits per heavy atom. The van der Waals surface area contributed by atoms with E-state index < -0.39 is 5.97 Å². The van der Waals surface area contributed by atoms with Crippen molar-refractivity contribution in [3.63, 3.8) is 0 Å². The monoisotopic (exact) mass is 391 g/mol. The highest BCUT2D eigenvalue weighted by atomic mass is 32.1. The van der Waals surface area contributed by atoms with Gasteiger partial charge in [-0.05, 0) is 36.4 Å². The van der Waals surface area contributed by atoms with Gasteiger partial charge in [-0.1, -0.05) is 24.3 Å². The van der Waals surface area contributed by atoms with Gasteiger partial charge in [0.1, 0.15) is 24.7 Å². The highest BCUT2D eigenvalue weighted by Crippen LogP contribution is 2.17. The van der Waals surface area contributed by atoms with Crippen LogP contribution in [-0.2, 0) is 18.0 Å². The van der Waals surface area contributed by atoms with Crippen LogP contribution < -0.4 is 4.74 Å². The molecule has 0 N–H and O–H groups in total. The fourth-order valence-corrected chi connectivity index (χ4v) is 3.11. The molecular formula is C21H17N3O3S. The van der Waals surface area contributed by atoms with Crippen LogP contribution in [0.4, 0.5) is 0 Å². The van der Waals surface area contributed by atoms with Crippen molar-refractivity contribution in [2.45, 2.75) is 13.2 Å². The van der Waals surface area contributed by atoms with Gasteiger partial charge in [-0.2, -0.15) is 5.10 Å². The number of benzene rings is 2. The molecule has 0 saturated heterocycles. The van der Waals surface area contributed by atoms with Gasteiger partial charge in [0.05, 0.1) is 22.5 Å². The highest BCUT2D eigenvalue weighted by Gasteiger charge is 2.10. The third-order valence-corrected chi connectivity index (χ3v) is 4.59. The van der Waals surface area contributed by atoms with Gasteiger partial charge in [-0.3, -0.25) is 0 Å². The van der Waals surface area contributed by atoms with E-state index in [-0.39, 0.29) is 6.61 Å². The van der Waals surface area contributed by atoms with Gasteiger partial charge in [-0.25, -0.2) is 14.5 Å². The van der Waals surface area contributed by atoms with E-state index in [1.54, 1.807) is 34.5 Å². The molecule has 0 unspecified atom stereocenters. The average Bonchev–Trinajstić information content (AvgIpc) is 3.43. The number of hydrogen-bond acceptors (Lipinski definition) is 6. The number of nitrogens with zero attached hydrogens (tertiary/aromatic N) is 3. The summed E-state index contributed by atoms with van der Waals surface area (Å²) in [5.41, 5.74) is 4.66. The number of carbonyl (C=O) groups excluding carboxylic acids is 1. The Hall–Kier alpha value is -3.45. The van der Waals surface area contributed by atoms with E-state index in [0.717, 1.165) is 11.4 Å². The zero-order chi connectivity index (χ0) is 19.2. The third-order valence-electron chi connectivity index (χ3n) is 3.96. The van der Waals surface area contributed by atoms with Crippen molar-refractivity contribution in [2.24, 2.45) is 0 Å². The Labute approximate surface area is 166 Å². The Bertz CT molecular complexity index is 1050. The summed E-state index contributed by atoms with van der Waals surface area (Å²) in [4.78, 5) is 16.5. The molecule has 0 saturated carbocycles.